The van der Waals surface area contributed by atoms with E-state index >= 15 is 0 Å². The average Bonchev–Trinajstić information content (AvgIpc) is 2.15. The van der Waals surface area contributed by atoms with Crippen molar-refractivity contribution in [3.63, 3.8) is 0 Å². The van der Waals surface area contributed by atoms with E-state index in [4.69, 9.17) is 0 Å². The number of rotatable bonds is 8. The summed E-state index contributed by atoms with van der Waals surface area (Å²) < 4.78 is 11.8. The molecule has 0 rings (SSSR count). The standard InChI is InChI=1S/C12H27NO2S/c1-9(2)6-13-7-12(14)8-16(15)11(5)10(3)4/h9-14H,6-8H2,1-5H3. The third-order valence-corrected chi connectivity index (χ3v) is 4.73. The molecule has 0 heterocycles. The van der Waals surface area contributed by atoms with E-state index in [2.05, 4.69) is 33.0 Å². The van der Waals surface area contributed by atoms with E-state index < -0.39 is 16.9 Å². The second-order valence-corrected chi connectivity index (χ2v) is 7.04. The molecule has 2 N–H and O–H groups in total. The third-order valence-electron chi connectivity index (χ3n) is 2.64. The molecule has 0 bridgehead atoms. The molecule has 0 aromatic carbocycles. The van der Waals surface area contributed by atoms with Crippen LogP contribution in [0.1, 0.15) is 34.6 Å². The quantitative estimate of drug-likeness (QED) is 0.683. The fourth-order valence-corrected chi connectivity index (χ4v) is 2.65. The van der Waals surface area contributed by atoms with Crippen molar-refractivity contribution in [3.8, 4) is 0 Å². The van der Waals surface area contributed by atoms with E-state index in [0.717, 1.165) is 6.54 Å². The van der Waals surface area contributed by atoms with Crippen LogP contribution in [0.4, 0.5) is 0 Å². The molecule has 98 valence electrons. The van der Waals surface area contributed by atoms with E-state index in [1.807, 2.05) is 6.92 Å². The smallest absolute Gasteiger partial charge is 0.0779 e. The average molecular weight is 249 g/mol. The lowest BCUT2D eigenvalue weighted by Crippen LogP contribution is -2.35. The topological polar surface area (TPSA) is 49.3 Å². The normalized spacial score (nSPS) is 17.8. The van der Waals surface area contributed by atoms with Crippen LogP contribution in [0.5, 0.6) is 0 Å². The highest BCUT2D eigenvalue weighted by Crippen LogP contribution is 2.09. The summed E-state index contributed by atoms with van der Waals surface area (Å²) in [6.07, 6.45) is -0.499. The van der Waals surface area contributed by atoms with Gasteiger partial charge in [-0.15, -0.1) is 0 Å². The number of hydrogen-bond acceptors (Lipinski definition) is 3. The van der Waals surface area contributed by atoms with Crippen LogP contribution >= 0.6 is 0 Å². The Hall–Kier alpha value is 0.0700. The zero-order valence-corrected chi connectivity index (χ0v) is 12.0. The second kappa shape index (κ2) is 8.20. The van der Waals surface area contributed by atoms with Crippen molar-refractivity contribution in [1.29, 1.82) is 0 Å². The van der Waals surface area contributed by atoms with Crippen LogP contribution < -0.4 is 5.32 Å². The van der Waals surface area contributed by atoms with Crippen molar-refractivity contribution in [1.82, 2.24) is 5.32 Å². The molecule has 0 radical (unpaired) electrons. The minimum Gasteiger partial charge on any atom is -0.391 e. The Balaban J connectivity index is 3.78. The third kappa shape index (κ3) is 7.36. The number of nitrogens with one attached hydrogen (secondary N) is 1. The highest BCUT2D eigenvalue weighted by Gasteiger charge is 2.18. The van der Waals surface area contributed by atoms with Crippen molar-refractivity contribution in [2.24, 2.45) is 11.8 Å². The molecule has 0 aliphatic carbocycles. The summed E-state index contributed by atoms with van der Waals surface area (Å²) in [6.45, 7) is 11.8. The van der Waals surface area contributed by atoms with Gasteiger partial charge in [0.15, 0.2) is 0 Å². The van der Waals surface area contributed by atoms with Crippen molar-refractivity contribution >= 4 is 10.8 Å². The maximum Gasteiger partial charge on any atom is 0.0779 e. The SMILES string of the molecule is CC(C)CNCC(O)CS(=O)C(C)C(C)C. The van der Waals surface area contributed by atoms with Crippen molar-refractivity contribution in [3.05, 3.63) is 0 Å². The minimum atomic E-state index is -0.929. The van der Waals surface area contributed by atoms with Crippen LogP contribution in [0, 0.1) is 11.8 Å². The lowest BCUT2D eigenvalue weighted by Gasteiger charge is -2.18. The van der Waals surface area contributed by atoms with Crippen LogP contribution in [0.15, 0.2) is 0 Å². The van der Waals surface area contributed by atoms with Gasteiger partial charge in [0.05, 0.1) is 11.9 Å². The largest absolute Gasteiger partial charge is 0.391 e. The van der Waals surface area contributed by atoms with E-state index in [-0.39, 0.29) is 5.25 Å². The zero-order valence-electron chi connectivity index (χ0n) is 11.2. The first-order chi connectivity index (χ1) is 7.34. The van der Waals surface area contributed by atoms with Gasteiger partial charge in [-0.2, -0.15) is 0 Å². The fraction of sp³-hybridized carbons (Fsp3) is 1.00. The predicted octanol–water partition coefficient (Wildman–Crippen LogP) is 1.39. The molecule has 0 aliphatic rings. The summed E-state index contributed by atoms with van der Waals surface area (Å²) in [6, 6.07) is 0. The lowest BCUT2D eigenvalue weighted by molar-refractivity contribution is 0.193. The highest BCUT2D eigenvalue weighted by atomic mass is 32.2. The Kier molecular flexibility index (Phi) is 8.24. The summed E-state index contributed by atoms with van der Waals surface area (Å²) in [5.41, 5.74) is 0. The first-order valence-electron chi connectivity index (χ1n) is 6.10. The summed E-state index contributed by atoms with van der Waals surface area (Å²) in [7, 11) is -0.929. The summed E-state index contributed by atoms with van der Waals surface area (Å²) >= 11 is 0. The number of aliphatic hydroxyl groups excluding tert-OH is 1. The van der Waals surface area contributed by atoms with Gasteiger partial charge < -0.3 is 10.4 Å². The number of aliphatic hydroxyl groups is 1. The van der Waals surface area contributed by atoms with Crippen LogP contribution in [0.3, 0.4) is 0 Å². The van der Waals surface area contributed by atoms with Crippen LogP contribution in [0.25, 0.3) is 0 Å². The van der Waals surface area contributed by atoms with Gasteiger partial charge >= 0.3 is 0 Å². The maximum absolute atomic E-state index is 11.8. The van der Waals surface area contributed by atoms with E-state index in [9.17, 15) is 9.32 Å². The Morgan fingerprint density at radius 2 is 1.69 bits per heavy atom. The minimum absolute atomic E-state index is 0.153. The first kappa shape index (κ1) is 16.1. The summed E-state index contributed by atoms with van der Waals surface area (Å²) in [4.78, 5) is 0. The molecule has 16 heavy (non-hydrogen) atoms. The second-order valence-electron chi connectivity index (χ2n) is 5.20. The molecular weight excluding hydrogens is 222 g/mol. The molecule has 0 aromatic heterocycles. The van der Waals surface area contributed by atoms with E-state index in [1.54, 1.807) is 0 Å². The van der Waals surface area contributed by atoms with Gasteiger partial charge in [-0.1, -0.05) is 34.6 Å². The molecule has 0 spiro atoms. The molecule has 3 unspecified atom stereocenters. The van der Waals surface area contributed by atoms with Crippen LogP contribution in [0.2, 0.25) is 0 Å². The molecule has 3 atom stereocenters. The summed E-state index contributed by atoms with van der Waals surface area (Å²) in [5, 5.41) is 13.0. The molecule has 3 nitrogen and oxygen atoms in total. The Labute approximate surface area is 102 Å². The van der Waals surface area contributed by atoms with Gasteiger partial charge in [-0.05, 0) is 18.4 Å². The first-order valence-corrected chi connectivity index (χ1v) is 7.48. The van der Waals surface area contributed by atoms with E-state index in [1.165, 1.54) is 0 Å². The van der Waals surface area contributed by atoms with E-state index in [0.29, 0.717) is 24.1 Å². The molecule has 0 aliphatic heterocycles. The molecule has 0 saturated heterocycles. The van der Waals surface area contributed by atoms with Crippen molar-refractivity contribution in [2.45, 2.75) is 46.0 Å². The molecule has 0 amide bonds. The van der Waals surface area contributed by atoms with Gasteiger partial charge in [0, 0.05) is 22.6 Å². The van der Waals surface area contributed by atoms with Gasteiger partial charge in [0.25, 0.3) is 0 Å². The molecule has 0 aromatic rings. The Morgan fingerprint density at radius 1 is 1.12 bits per heavy atom. The maximum atomic E-state index is 11.8. The Bertz CT molecular complexity index is 207. The van der Waals surface area contributed by atoms with Crippen LogP contribution in [-0.2, 0) is 10.8 Å². The molecule has 4 heteroatoms. The van der Waals surface area contributed by atoms with Crippen molar-refractivity contribution in [2.75, 3.05) is 18.8 Å². The number of hydrogen-bond donors (Lipinski definition) is 2. The van der Waals surface area contributed by atoms with Gasteiger partial charge in [0.2, 0.25) is 0 Å². The van der Waals surface area contributed by atoms with Crippen molar-refractivity contribution < 1.29 is 9.32 Å². The van der Waals surface area contributed by atoms with Gasteiger partial charge in [-0.3, -0.25) is 4.21 Å². The molecule has 0 fully saturated rings. The van der Waals surface area contributed by atoms with Gasteiger partial charge in [0.1, 0.15) is 0 Å². The predicted molar refractivity (Wildman–Crippen MR) is 71.0 cm³/mol. The Morgan fingerprint density at radius 3 is 2.12 bits per heavy atom. The fourth-order valence-electron chi connectivity index (χ4n) is 1.24. The highest BCUT2D eigenvalue weighted by molar-refractivity contribution is 7.85. The molecular formula is C12H27NO2S. The zero-order chi connectivity index (χ0) is 12.7. The lowest BCUT2D eigenvalue weighted by atomic mass is 10.2. The van der Waals surface area contributed by atoms with Crippen LogP contribution in [-0.4, -0.2) is 39.5 Å². The summed E-state index contributed by atoms with van der Waals surface area (Å²) in [5.74, 6) is 1.36. The monoisotopic (exact) mass is 249 g/mol. The molecule has 0 saturated carbocycles. The van der Waals surface area contributed by atoms with Gasteiger partial charge in [-0.25, -0.2) is 0 Å².